The van der Waals surface area contributed by atoms with Crippen LogP contribution in [0.1, 0.15) is 19.8 Å². The number of aliphatic hydroxyl groups is 1. The Bertz CT molecular complexity index is 155. The quantitative estimate of drug-likeness (QED) is 0.675. The Morgan fingerprint density at radius 2 is 2.58 bits per heavy atom. The molecular weight excluding hydrogens is 174 g/mol. The van der Waals surface area contributed by atoms with Crippen molar-refractivity contribution >= 4 is 17.7 Å². The van der Waals surface area contributed by atoms with E-state index in [-0.39, 0.29) is 11.2 Å². The molecule has 0 bridgehead atoms. The maximum atomic E-state index is 11.3. The topological polar surface area (TPSA) is 49.3 Å². The molecule has 0 saturated carbocycles. The molecule has 2 atom stereocenters. The van der Waals surface area contributed by atoms with Gasteiger partial charge >= 0.3 is 0 Å². The summed E-state index contributed by atoms with van der Waals surface area (Å²) in [6.45, 7) is 2.04. The zero-order chi connectivity index (χ0) is 8.97. The third-order valence-corrected chi connectivity index (χ3v) is 3.17. The Morgan fingerprint density at radius 1 is 1.83 bits per heavy atom. The van der Waals surface area contributed by atoms with Gasteiger partial charge in [0.05, 0.1) is 11.4 Å². The summed E-state index contributed by atoms with van der Waals surface area (Å²) in [6.07, 6.45) is 1.67. The van der Waals surface area contributed by atoms with Crippen LogP contribution in [0, 0.1) is 0 Å². The summed E-state index contributed by atoms with van der Waals surface area (Å²) in [4.78, 5) is 11.3. The molecule has 1 heterocycles. The van der Waals surface area contributed by atoms with Gasteiger partial charge in [0.2, 0.25) is 5.91 Å². The maximum absolute atomic E-state index is 11.3. The van der Waals surface area contributed by atoms with Gasteiger partial charge in [-0.05, 0) is 25.5 Å². The van der Waals surface area contributed by atoms with Gasteiger partial charge in [0.25, 0.3) is 0 Å². The molecule has 1 aliphatic heterocycles. The average Bonchev–Trinajstić information content (AvgIpc) is 2.51. The fraction of sp³-hybridized carbons (Fsp3) is 0.875. The van der Waals surface area contributed by atoms with Crippen molar-refractivity contribution < 1.29 is 9.90 Å². The van der Waals surface area contributed by atoms with Gasteiger partial charge in [-0.25, -0.2) is 0 Å². The van der Waals surface area contributed by atoms with Gasteiger partial charge in [0.1, 0.15) is 0 Å². The number of aliphatic hydroxyl groups excluding tert-OH is 1. The first kappa shape index (κ1) is 9.86. The van der Waals surface area contributed by atoms with Crippen molar-refractivity contribution in [3.05, 3.63) is 0 Å². The van der Waals surface area contributed by atoms with E-state index < -0.39 is 6.10 Å². The van der Waals surface area contributed by atoms with E-state index in [1.807, 2.05) is 0 Å². The Morgan fingerprint density at radius 3 is 3.08 bits per heavy atom. The van der Waals surface area contributed by atoms with Crippen molar-refractivity contribution in [2.24, 2.45) is 0 Å². The van der Waals surface area contributed by atoms with Crippen LogP contribution in [0.3, 0.4) is 0 Å². The number of rotatable bonds is 3. The molecule has 0 radical (unpaired) electrons. The Labute approximate surface area is 76.9 Å². The van der Waals surface area contributed by atoms with Crippen molar-refractivity contribution in [3.63, 3.8) is 0 Å². The number of amides is 1. The molecule has 2 unspecified atom stereocenters. The summed E-state index contributed by atoms with van der Waals surface area (Å²) in [5.74, 6) is 1.17. The maximum Gasteiger partial charge on any atom is 0.233 e. The summed E-state index contributed by atoms with van der Waals surface area (Å²) in [7, 11) is 0. The van der Waals surface area contributed by atoms with Crippen LogP contribution in [-0.4, -0.2) is 34.7 Å². The number of hydrogen-bond acceptors (Lipinski definition) is 3. The third kappa shape index (κ3) is 3.03. The van der Waals surface area contributed by atoms with Crippen LogP contribution in [0.15, 0.2) is 0 Å². The molecule has 0 aromatic rings. The molecule has 0 aromatic carbocycles. The van der Waals surface area contributed by atoms with Crippen LogP contribution < -0.4 is 5.32 Å². The first-order valence-corrected chi connectivity index (χ1v) is 5.32. The molecule has 1 fully saturated rings. The molecule has 1 amide bonds. The predicted octanol–water partition coefficient (Wildman–Crippen LogP) is 0.379. The van der Waals surface area contributed by atoms with E-state index in [0.29, 0.717) is 6.54 Å². The van der Waals surface area contributed by atoms with Crippen LogP contribution in [0.4, 0.5) is 0 Å². The van der Waals surface area contributed by atoms with Gasteiger partial charge in [-0.2, -0.15) is 0 Å². The second-order valence-electron chi connectivity index (χ2n) is 3.10. The van der Waals surface area contributed by atoms with Crippen molar-refractivity contribution in [1.82, 2.24) is 5.32 Å². The molecule has 2 N–H and O–H groups in total. The van der Waals surface area contributed by atoms with E-state index in [0.717, 1.165) is 18.6 Å². The minimum atomic E-state index is -0.444. The van der Waals surface area contributed by atoms with E-state index in [9.17, 15) is 4.79 Å². The highest BCUT2D eigenvalue weighted by atomic mass is 32.2. The van der Waals surface area contributed by atoms with E-state index in [2.05, 4.69) is 5.32 Å². The molecule has 3 nitrogen and oxygen atoms in total. The van der Waals surface area contributed by atoms with Crippen molar-refractivity contribution in [3.8, 4) is 0 Å². The normalized spacial score (nSPS) is 25.3. The lowest BCUT2D eigenvalue weighted by Crippen LogP contribution is -2.35. The lowest BCUT2D eigenvalue weighted by molar-refractivity contribution is -0.121. The lowest BCUT2D eigenvalue weighted by atomic mass is 10.2. The van der Waals surface area contributed by atoms with Crippen molar-refractivity contribution in [1.29, 1.82) is 0 Å². The van der Waals surface area contributed by atoms with Crippen LogP contribution >= 0.6 is 11.8 Å². The van der Waals surface area contributed by atoms with Crippen LogP contribution in [0.5, 0.6) is 0 Å². The molecular formula is C8H15NO2S. The Balaban J connectivity index is 2.18. The van der Waals surface area contributed by atoms with Gasteiger partial charge < -0.3 is 10.4 Å². The minimum Gasteiger partial charge on any atom is -0.392 e. The van der Waals surface area contributed by atoms with E-state index in [4.69, 9.17) is 5.11 Å². The molecule has 1 saturated heterocycles. The first-order valence-electron chi connectivity index (χ1n) is 4.27. The number of nitrogens with one attached hydrogen (secondary N) is 1. The minimum absolute atomic E-state index is 0.0819. The molecule has 0 aromatic heterocycles. The van der Waals surface area contributed by atoms with Gasteiger partial charge in [-0.1, -0.05) is 0 Å². The lowest BCUT2D eigenvalue weighted by Gasteiger charge is -2.10. The number of carbonyl (C=O) groups excluding carboxylic acids is 1. The molecule has 70 valence electrons. The van der Waals surface area contributed by atoms with Crippen LogP contribution in [0.2, 0.25) is 0 Å². The highest BCUT2D eigenvalue weighted by molar-refractivity contribution is 8.00. The zero-order valence-corrected chi connectivity index (χ0v) is 8.06. The summed E-state index contributed by atoms with van der Waals surface area (Å²) >= 11 is 1.71. The fourth-order valence-corrected chi connectivity index (χ4v) is 2.33. The summed E-state index contributed by atoms with van der Waals surface area (Å²) < 4.78 is 0. The fourth-order valence-electron chi connectivity index (χ4n) is 1.15. The standard InChI is InChI=1S/C8H15NO2S/c1-6(10)5-9-8(11)7-3-2-4-12-7/h6-7,10H,2-5H2,1H3,(H,9,11). The largest absolute Gasteiger partial charge is 0.392 e. The summed E-state index contributed by atoms with van der Waals surface area (Å²) in [6, 6.07) is 0. The second kappa shape index (κ2) is 4.72. The van der Waals surface area contributed by atoms with Gasteiger partial charge in [-0.15, -0.1) is 11.8 Å². The highest BCUT2D eigenvalue weighted by Gasteiger charge is 2.22. The second-order valence-corrected chi connectivity index (χ2v) is 4.41. The summed E-state index contributed by atoms with van der Waals surface area (Å²) in [5.41, 5.74) is 0. The number of carbonyl (C=O) groups is 1. The van der Waals surface area contributed by atoms with Gasteiger partial charge in [0.15, 0.2) is 0 Å². The average molecular weight is 189 g/mol. The highest BCUT2D eigenvalue weighted by Crippen LogP contribution is 2.25. The van der Waals surface area contributed by atoms with E-state index in [1.165, 1.54) is 0 Å². The molecule has 4 heteroatoms. The molecule has 1 aliphatic rings. The van der Waals surface area contributed by atoms with E-state index in [1.54, 1.807) is 18.7 Å². The van der Waals surface area contributed by atoms with Crippen molar-refractivity contribution in [2.75, 3.05) is 12.3 Å². The SMILES string of the molecule is CC(O)CNC(=O)C1CCCS1. The monoisotopic (exact) mass is 189 g/mol. The molecule has 0 spiro atoms. The van der Waals surface area contributed by atoms with Crippen LogP contribution in [0.25, 0.3) is 0 Å². The third-order valence-electron chi connectivity index (χ3n) is 1.79. The smallest absolute Gasteiger partial charge is 0.233 e. The van der Waals surface area contributed by atoms with E-state index >= 15 is 0 Å². The van der Waals surface area contributed by atoms with Crippen LogP contribution in [-0.2, 0) is 4.79 Å². The predicted molar refractivity (Wildman–Crippen MR) is 50.2 cm³/mol. The summed E-state index contributed by atoms with van der Waals surface area (Å²) in [5, 5.41) is 11.8. The molecule has 12 heavy (non-hydrogen) atoms. The first-order chi connectivity index (χ1) is 5.70. The van der Waals surface area contributed by atoms with Gasteiger partial charge in [-0.3, -0.25) is 4.79 Å². The van der Waals surface area contributed by atoms with Gasteiger partial charge in [0, 0.05) is 6.54 Å². The molecule has 0 aliphatic carbocycles. The zero-order valence-electron chi connectivity index (χ0n) is 7.25. The number of hydrogen-bond donors (Lipinski definition) is 2. The Hall–Kier alpha value is -0.220. The number of thioether (sulfide) groups is 1. The Kier molecular flexibility index (Phi) is 3.88. The van der Waals surface area contributed by atoms with Crippen molar-refractivity contribution in [2.45, 2.75) is 31.1 Å². The molecule has 1 rings (SSSR count).